The minimum Gasteiger partial charge on any atom is -0.458 e. The maximum atomic E-state index is 14.7. The summed E-state index contributed by atoms with van der Waals surface area (Å²) in [5.41, 5.74) is 9.69. The largest absolute Gasteiger partial charge is 0.458 e. The molecule has 164 valence electrons. The van der Waals surface area contributed by atoms with E-state index in [-0.39, 0.29) is 41.6 Å². The number of esters is 1. The second-order valence-corrected chi connectivity index (χ2v) is 9.04. The zero-order valence-corrected chi connectivity index (χ0v) is 17.8. The fourth-order valence-corrected chi connectivity index (χ4v) is 5.56. The maximum Gasteiger partial charge on any atom is 0.343 e. The van der Waals surface area contributed by atoms with Gasteiger partial charge in [-0.1, -0.05) is 6.92 Å². The van der Waals surface area contributed by atoms with Crippen molar-refractivity contribution in [1.82, 2.24) is 9.55 Å². The third-order valence-corrected chi connectivity index (χ3v) is 7.35. The van der Waals surface area contributed by atoms with Gasteiger partial charge in [-0.05, 0) is 48.9 Å². The number of rotatable bonds is 1. The van der Waals surface area contributed by atoms with Crippen molar-refractivity contribution in [3.8, 4) is 11.4 Å². The average Bonchev–Trinajstić information content (AvgIpc) is 3.14. The Morgan fingerprint density at radius 1 is 1.25 bits per heavy atom. The van der Waals surface area contributed by atoms with Gasteiger partial charge in [0.05, 0.1) is 29.0 Å². The Hall–Kier alpha value is -3.10. The van der Waals surface area contributed by atoms with Gasteiger partial charge >= 0.3 is 5.97 Å². The highest BCUT2D eigenvalue weighted by atomic mass is 19.1. The van der Waals surface area contributed by atoms with Crippen LogP contribution in [0, 0.1) is 12.7 Å². The number of ether oxygens (including phenoxy) is 1. The van der Waals surface area contributed by atoms with E-state index in [2.05, 4.69) is 0 Å². The number of aliphatic hydroxyl groups is 1. The third kappa shape index (κ3) is 2.28. The van der Waals surface area contributed by atoms with E-state index < -0.39 is 11.6 Å². The molecule has 3 N–H and O–H groups in total. The van der Waals surface area contributed by atoms with E-state index in [1.165, 1.54) is 6.07 Å². The van der Waals surface area contributed by atoms with Crippen LogP contribution in [0.1, 0.15) is 46.7 Å². The molecule has 8 heteroatoms. The van der Waals surface area contributed by atoms with Gasteiger partial charge in [-0.25, -0.2) is 14.2 Å². The van der Waals surface area contributed by atoms with Crippen LogP contribution in [0.15, 0.2) is 16.9 Å². The molecule has 2 aliphatic heterocycles. The minimum absolute atomic E-state index is 0.0771. The number of benzene rings is 1. The van der Waals surface area contributed by atoms with Crippen molar-refractivity contribution in [2.45, 2.75) is 57.9 Å². The van der Waals surface area contributed by atoms with E-state index in [4.69, 9.17) is 15.5 Å². The van der Waals surface area contributed by atoms with Crippen molar-refractivity contribution in [2.75, 3.05) is 0 Å². The Bertz CT molecular complexity index is 1440. The number of aromatic nitrogens is 2. The van der Waals surface area contributed by atoms with Gasteiger partial charge in [-0.2, -0.15) is 0 Å². The van der Waals surface area contributed by atoms with Crippen molar-refractivity contribution in [3.05, 3.63) is 61.7 Å². The first-order valence-corrected chi connectivity index (χ1v) is 10.8. The number of pyridine rings is 2. The molecule has 2 atom stereocenters. The number of carbonyl (C=O) groups is 1. The summed E-state index contributed by atoms with van der Waals surface area (Å²) in [5.74, 6) is -1.09. The van der Waals surface area contributed by atoms with Crippen molar-refractivity contribution in [2.24, 2.45) is 5.73 Å². The number of hydrogen-bond donors (Lipinski definition) is 2. The standard InChI is InChI=1S/C24H22FN3O4/c1-3-24(31)16-6-19-21-14(8-28(19)22(29)15(16)9-32-23(24)30)13-5-11(26)4-12-10(2)17(25)7-18(27-21)20(12)13/h6-7,11,31H,3-5,8-9,26H2,1-2H3/t11-,24+/m1/s1. The predicted molar refractivity (Wildman–Crippen MR) is 115 cm³/mol. The molecule has 32 heavy (non-hydrogen) atoms. The first kappa shape index (κ1) is 19.6. The summed E-state index contributed by atoms with van der Waals surface area (Å²) in [5, 5.41) is 11.9. The average molecular weight is 435 g/mol. The number of halogens is 1. The fraction of sp³-hybridized carbons (Fsp3) is 0.375. The molecule has 2 aromatic heterocycles. The molecule has 0 saturated carbocycles. The van der Waals surface area contributed by atoms with Crippen LogP contribution in [0.3, 0.4) is 0 Å². The van der Waals surface area contributed by atoms with E-state index >= 15 is 0 Å². The SMILES string of the molecule is CC[C@@]1(O)C(=O)OCc2c1cc1n(c2=O)Cc2c-1nc1cc(F)c(C)c3c1c2C[C@H](N)C3. The number of carbonyl (C=O) groups excluding carboxylic acids is 1. The Morgan fingerprint density at radius 2 is 2.00 bits per heavy atom. The Balaban J connectivity index is 1.68. The quantitative estimate of drug-likeness (QED) is 0.443. The molecule has 0 radical (unpaired) electrons. The molecule has 0 bridgehead atoms. The van der Waals surface area contributed by atoms with Crippen molar-refractivity contribution < 1.29 is 19.0 Å². The molecule has 0 amide bonds. The summed E-state index contributed by atoms with van der Waals surface area (Å²) in [6.07, 6.45) is 1.27. The molecule has 0 spiro atoms. The van der Waals surface area contributed by atoms with Crippen LogP contribution in [0.4, 0.5) is 4.39 Å². The topological polar surface area (TPSA) is 107 Å². The van der Waals surface area contributed by atoms with Crippen LogP contribution in [0.25, 0.3) is 22.3 Å². The lowest BCUT2D eigenvalue weighted by Gasteiger charge is -2.31. The van der Waals surface area contributed by atoms with Crippen molar-refractivity contribution >= 4 is 16.9 Å². The first-order chi connectivity index (χ1) is 15.2. The van der Waals surface area contributed by atoms with E-state index in [0.717, 1.165) is 22.1 Å². The van der Waals surface area contributed by atoms with E-state index in [1.807, 2.05) is 0 Å². The van der Waals surface area contributed by atoms with E-state index in [1.54, 1.807) is 24.5 Å². The Labute approximate surface area is 182 Å². The van der Waals surface area contributed by atoms with Crippen LogP contribution < -0.4 is 11.3 Å². The smallest absolute Gasteiger partial charge is 0.343 e. The normalized spacial score (nSPS) is 23.0. The number of nitrogens with zero attached hydrogens (tertiary/aromatic N) is 2. The molecule has 0 saturated heterocycles. The fourth-order valence-electron chi connectivity index (χ4n) is 5.56. The second kappa shape index (κ2) is 6.24. The van der Waals surface area contributed by atoms with Crippen LogP contribution in [-0.4, -0.2) is 26.7 Å². The van der Waals surface area contributed by atoms with Crippen molar-refractivity contribution in [3.63, 3.8) is 0 Å². The zero-order valence-electron chi connectivity index (χ0n) is 17.8. The lowest BCUT2D eigenvalue weighted by Crippen LogP contribution is -2.44. The van der Waals surface area contributed by atoms with Gasteiger partial charge in [0.1, 0.15) is 12.4 Å². The van der Waals surface area contributed by atoms with Gasteiger partial charge in [0.2, 0.25) is 0 Å². The van der Waals surface area contributed by atoms with Gasteiger partial charge in [-0.3, -0.25) is 4.79 Å². The molecular formula is C24H22FN3O4. The van der Waals surface area contributed by atoms with Gasteiger partial charge in [0.15, 0.2) is 5.60 Å². The van der Waals surface area contributed by atoms with Gasteiger partial charge in [0, 0.05) is 28.6 Å². The van der Waals surface area contributed by atoms with E-state index in [9.17, 15) is 19.1 Å². The summed E-state index contributed by atoms with van der Waals surface area (Å²) in [6.45, 7) is 3.57. The van der Waals surface area contributed by atoms with E-state index in [0.29, 0.717) is 41.9 Å². The van der Waals surface area contributed by atoms with Crippen molar-refractivity contribution in [1.29, 1.82) is 0 Å². The number of hydrogen-bond acceptors (Lipinski definition) is 6. The van der Waals surface area contributed by atoms with Crippen LogP contribution in [0.2, 0.25) is 0 Å². The summed E-state index contributed by atoms with van der Waals surface area (Å²) < 4.78 is 21.4. The van der Waals surface area contributed by atoms with Gasteiger partial charge < -0.3 is 20.1 Å². The number of fused-ring (bicyclic) bond motifs is 5. The molecular weight excluding hydrogens is 413 g/mol. The Morgan fingerprint density at radius 3 is 2.75 bits per heavy atom. The molecule has 0 fully saturated rings. The molecule has 6 rings (SSSR count). The zero-order chi connectivity index (χ0) is 22.5. The predicted octanol–water partition coefficient (Wildman–Crippen LogP) is 1.95. The summed E-state index contributed by atoms with van der Waals surface area (Å²) in [7, 11) is 0. The molecule has 1 aliphatic carbocycles. The summed E-state index contributed by atoms with van der Waals surface area (Å²) in [6, 6.07) is 2.96. The minimum atomic E-state index is -1.88. The highest BCUT2D eigenvalue weighted by Crippen LogP contribution is 2.43. The molecule has 0 unspecified atom stereocenters. The number of nitrogens with two attached hydrogens (primary N) is 1. The summed E-state index contributed by atoms with van der Waals surface area (Å²) >= 11 is 0. The highest BCUT2D eigenvalue weighted by molar-refractivity contribution is 5.93. The molecule has 7 nitrogen and oxygen atoms in total. The second-order valence-electron chi connectivity index (χ2n) is 9.04. The molecule has 3 aromatic rings. The van der Waals surface area contributed by atoms with Gasteiger partial charge in [0.25, 0.3) is 5.56 Å². The van der Waals surface area contributed by atoms with Gasteiger partial charge in [-0.15, -0.1) is 0 Å². The molecule has 3 aliphatic rings. The third-order valence-electron chi connectivity index (χ3n) is 7.35. The highest BCUT2D eigenvalue weighted by Gasteiger charge is 2.45. The molecule has 4 heterocycles. The van der Waals surface area contributed by atoms with Crippen LogP contribution in [0.5, 0.6) is 0 Å². The monoisotopic (exact) mass is 435 g/mol. The van der Waals surface area contributed by atoms with Crippen LogP contribution >= 0.6 is 0 Å². The summed E-state index contributed by atoms with van der Waals surface area (Å²) in [4.78, 5) is 30.5. The first-order valence-electron chi connectivity index (χ1n) is 10.8. The lowest BCUT2D eigenvalue weighted by molar-refractivity contribution is -0.172. The number of cyclic esters (lactones) is 1. The van der Waals surface area contributed by atoms with Crippen LogP contribution in [-0.2, 0) is 41.1 Å². The Kier molecular flexibility index (Phi) is 3.81. The molecule has 1 aromatic carbocycles. The lowest BCUT2D eigenvalue weighted by atomic mass is 9.82. The maximum absolute atomic E-state index is 14.7.